The van der Waals surface area contributed by atoms with Gasteiger partial charge in [0.1, 0.15) is 0 Å². The van der Waals surface area contributed by atoms with Crippen LogP contribution in [0.1, 0.15) is 305 Å². The molecule has 0 aromatic heterocycles. The molecule has 0 radical (unpaired) electrons. The van der Waals surface area contributed by atoms with Gasteiger partial charge in [0.25, 0.3) is 0 Å². The van der Waals surface area contributed by atoms with E-state index in [0.29, 0.717) is 5.92 Å². The van der Waals surface area contributed by atoms with Crippen LogP contribution in [-0.4, -0.2) is 134 Å². The van der Waals surface area contributed by atoms with Gasteiger partial charge in [-0.15, -0.1) is 0 Å². The van der Waals surface area contributed by atoms with Gasteiger partial charge in [-0.2, -0.15) is 0 Å². The third kappa shape index (κ3) is 57.4. The smallest absolute Gasteiger partial charge is 0.0667 e. The van der Waals surface area contributed by atoms with Crippen LogP contribution in [0.2, 0.25) is 0 Å². The van der Waals surface area contributed by atoms with E-state index in [1.165, 1.54) is 225 Å². The van der Waals surface area contributed by atoms with Crippen molar-refractivity contribution in [3.8, 4) is 0 Å². The summed E-state index contributed by atoms with van der Waals surface area (Å²) >= 11 is 0. The summed E-state index contributed by atoms with van der Waals surface area (Å²) in [5.41, 5.74) is 0. The molecule has 8 heteroatoms. The SMILES string of the molecule is CCCCCCC.CCCCCCCCCCCCCN(CCN(CCN(CC)CCNCCNCC(CO)CCCCCC)CC(O)CCCCCCCCCCC)CC(O)CCCCCCCCCC. The second-order valence-corrected chi connectivity index (χ2v) is 22.7. The molecule has 0 saturated carbocycles. The Hall–Kier alpha value is -0.320. The minimum Gasteiger partial charge on any atom is -0.396 e. The molecule has 0 aliphatic heterocycles. The van der Waals surface area contributed by atoms with Gasteiger partial charge in [0.2, 0.25) is 0 Å². The number of hydrogen-bond donors (Lipinski definition) is 5. The predicted octanol–water partition coefficient (Wildman–Crippen LogP) is 16.1. The lowest BCUT2D eigenvalue weighted by atomic mass is 10.0. The third-order valence-electron chi connectivity index (χ3n) is 15.4. The molecular weight excluding hydrogens is 887 g/mol. The summed E-state index contributed by atoms with van der Waals surface area (Å²) in [6.45, 7) is 28.5. The van der Waals surface area contributed by atoms with Crippen molar-refractivity contribution in [2.45, 2.75) is 318 Å². The van der Waals surface area contributed by atoms with Crippen molar-refractivity contribution in [3.63, 3.8) is 0 Å². The zero-order valence-corrected chi connectivity index (χ0v) is 50.6. The fraction of sp³-hybridized carbons (Fsp3) is 1.00. The third-order valence-corrected chi connectivity index (χ3v) is 15.4. The van der Waals surface area contributed by atoms with Crippen molar-refractivity contribution in [3.05, 3.63) is 0 Å². The molecule has 3 unspecified atom stereocenters. The van der Waals surface area contributed by atoms with E-state index in [1.54, 1.807) is 0 Å². The highest BCUT2D eigenvalue weighted by Crippen LogP contribution is 2.16. The first kappa shape index (κ1) is 73.8. The fourth-order valence-electron chi connectivity index (χ4n) is 10.2. The summed E-state index contributed by atoms with van der Waals surface area (Å²) in [6, 6.07) is 0. The molecule has 8 nitrogen and oxygen atoms in total. The molecule has 72 heavy (non-hydrogen) atoms. The van der Waals surface area contributed by atoms with E-state index in [4.69, 9.17) is 0 Å². The Kier molecular flexibility index (Phi) is 64.8. The van der Waals surface area contributed by atoms with E-state index < -0.39 is 0 Å². The van der Waals surface area contributed by atoms with Gasteiger partial charge in [-0.05, 0) is 44.7 Å². The minimum absolute atomic E-state index is 0.251. The number of aliphatic hydroxyl groups excluding tert-OH is 3. The average Bonchev–Trinajstić information content (AvgIpc) is 3.38. The molecule has 5 N–H and O–H groups in total. The Morgan fingerprint density at radius 3 is 1.00 bits per heavy atom. The molecule has 3 atom stereocenters. The number of nitrogens with zero attached hydrogens (tertiary/aromatic N) is 3. The lowest BCUT2D eigenvalue weighted by molar-refractivity contribution is 0.0724. The van der Waals surface area contributed by atoms with Crippen molar-refractivity contribution < 1.29 is 15.3 Å². The van der Waals surface area contributed by atoms with Crippen LogP contribution in [0, 0.1) is 5.92 Å². The Morgan fingerprint density at radius 2 is 0.611 bits per heavy atom. The van der Waals surface area contributed by atoms with E-state index in [-0.39, 0.29) is 18.8 Å². The van der Waals surface area contributed by atoms with Crippen LogP contribution in [0.3, 0.4) is 0 Å². The van der Waals surface area contributed by atoms with Gasteiger partial charge >= 0.3 is 0 Å². The number of unbranched alkanes of at least 4 members (excludes halogenated alkanes) is 32. The Labute approximate surface area is 453 Å². The minimum atomic E-state index is -0.279. The number of hydrogen-bond acceptors (Lipinski definition) is 8. The van der Waals surface area contributed by atoms with Gasteiger partial charge in [-0.1, -0.05) is 280 Å². The topological polar surface area (TPSA) is 94.5 Å². The fourth-order valence-corrected chi connectivity index (χ4v) is 10.2. The molecule has 0 bridgehead atoms. The van der Waals surface area contributed by atoms with Gasteiger partial charge in [0.15, 0.2) is 0 Å². The summed E-state index contributed by atoms with van der Waals surface area (Å²) in [4.78, 5) is 7.69. The van der Waals surface area contributed by atoms with E-state index in [2.05, 4.69) is 73.8 Å². The van der Waals surface area contributed by atoms with Gasteiger partial charge in [0.05, 0.1) is 12.2 Å². The van der Waals surface area contributed by atoms with Crippen LogP contribution < -0.4 is 10.6 Å². The molecular formula is C64H137N5O3. The highest BCUT2D eigenvalue weighted by Gasteiger charge is 2.18. The van der Waals surface area contributed by atoms with Crippen molar-refractivity contribution in [1.82, 2.24) is 25.3 Å². The van der Waals surface area contributed by atoms with E-state index in [0.717, 1.165) is 117 Å². The molecule has 0 spiro atoms. The number of nitrogens with one attached hydrogen (secondary N) is 2. The van der Waals surface area contributed by atoms with Gasteiger partial charge in [0, 0.05) is 78.6 Å². The molecule has 0 saturated heterocycles. The average molecular weight is 1020 g/mol. The predicted molar refractivity (Wildman–Crippen MR) is 322 cm³/mol. The van der Waals surface area contributed by atoms with E-state index in [9.17, 15) is 15.3 Å². The largest absolute Gasteiger partial charge is 0.396 e. The molecule has 436 valence electrons. The van der Waals surface area contributed by atoms with E-state index in [1.807, 2.05) is 0 Å². The Morgan fingerprint density at radius 1 is 0.306 bits per heavy atom. The second-order valence-electron chi connectivity index (χ2n) is 22.7. The number of rotatable bonds is 60. The Bertz CT molecular complexity index is 959. The second kappa shape index (κ2) is 63.2. The van der Waals surface area contributed by atoms with Crippen LogP contribution >= 0.6 is 0 Å². The summed E-state index contributed by atoms with van der Waals surface area (Å²) in [7, 11) is 0. The van der Waals surface area contributed by atoms with Crippen molar-refractivity contribution >= 4 is 0 Å². The van der Waals surface area contributed by atoms with Crippen molar-refractivity contribution in [2.75, 3.05) is 91.7 Å². The Balaban J connectivity index is 0. The van der Waals surface area contributed by atoms with Gasteiger partial charge in [-0.3, -0.25) is 9.80 Å². The van der Waals surface area contributed by atoms with Crippen LogP contribution in [0.25, 0.3) is 0 Å². The lowest BCUT2D eigenvalue weighted by Crippen LogP contribution is -2.45. The van der Waals surface area contributed by atoms with Crippen LogP contribution in [0.15, 0.2) is 0 Å². The monoisotopic (exact) mass is 1020 g/mol. The molecule has 0 rings (SSSR count). The molecule has 0 aliphatic carbocycles. The number of likely N-dealkylation sites (N-methyl/N-ethyl adjacent to an activating group) is 1. The zero-order valence-electron chi connectivity index (χ0n) is 50.6. The highest BCUT2D eigenvalue weighted by atomic mass is 16.3. The first-order valence-corrected chi connectivity index (χ1v) is 32.9. The molecule has 0 fully saturated rings. The first-order valence-electron chi connectivity index (χ1n) is 32.9. The van der Waals surface area contributed by atoms with Crippen LogP contribution in [0.5, 0.6) is 0 Å². The molecule has 0 aromatic rings. The summed E-state index contributed by atoms with van der Waals surface area (Å²) in [5, 5.41) is 39.7. The van der Waals surface area contributed by atoms with E-state index >= 15 is 0 Å². The first-order chi connectivity index (χ1) is 35.3. The van der Waals surface area contributed by atoms with Gasteiger partial charge < -0.3 is 30.9 Å². The van der Waals surface area contributed by atoms with Gasteiger partial charge in [-0.25, -0.2) is 0 Å². The van der Waals surface area contributed by atoms with Crippen molar-refractivity contribution in [1.29, 1.82) is 0 Å². The summed E-state index contributed by atoms with van der Waals surface area (Å²) in [6.07, 6.45) is 51.7. The maximum Gasteiger partial charge on any atom is 0.0667 e. The maximum atomic E-state index is 11.4. The summed E-state index contributed by atoms with van der Waals surface area (Å²) < 4.78 is 0. The standard InChI is InChI=1S/C57H121N5O3.C7H16/c1-6-11-15-19-22-25-26-28-31-34-38-45-61(52-56(64)40-36-32-29-24-21-17-13-8-3)49-50-62(53-57(65)41-37-33-30-27-23-20-16-12-7-2)48-47-60(10-5)46-44-58-42-43-59-51-55(54-63)39-35-18-14-9-4;1-3-5-7-6-4-2/h55-59,63-65H,6-54H2,1-5H3;3-7H2,1-2H3. The quantitative estimate of drug-likeness (QED) is 0.0385. The highest BCUT2D eigenvalue weighted by molar-refractivity contribution is 4.73. The molecule has 0 amide bonds. The molecule has 0 aromatic carbocycles. The summed E-state index contributed by atoms with van der Waals surface area (Å²) in [5.74, 6) is 0.371. The normalized spacial score (nSPS) is 13.1. The molecule has 0 heterocycles. The molecule has 0 aliphatic rings. The van der Waals surface area contributed by atoms with Crippen LogP contribution in [-0.2, 0) is 0 Å². The zero-order chi connectivity index (χ0) is 53.1. The number of aliphatic hydroxyl groups is 3. The maximum absolute atomic E-state index is 11.4. The van der Waals surface area contributed by atoms with Crippen molar-refractivity contribution in [2.24, 2.45) is 5.92 Å². The van der Waals surface area contributed by atoms with Crippen LogP contribution in [0.4, 0.5) is 0 Å². The lowest BCUT2D eigenvalue weighted by Gasteiger charge is -2.32.